The van der Waals surface area contributed by atoms with Crippen molar-refractivity contribution in [1.29, 1.82) is 0 Å². The Hall–Kier alpha value is -3.34. The third kappa shape index (κ3) is 4.20. The summed E-state index contributed by atoms with van der Waals surface area (Å²) in [4.78, 5) is 36.7. The van der Waals surface area contributed by atoms with E-state index in [1.165, 1.54) is 51.8 Å². The van der Waals surface area contributed by atoms with Crippen LogP contribution in [0.4, 0.5) is 5.69 Å². The Morgan fingerprint density at radius 2 is 2.15 bits per heavy atom. The number of ether oxygens (including phenoxy) is 1. The summed E-state index contributed by atoms with van der Waals surface area (Å²) in [5, 5.41) is 2.61. The van der Waals surface area contributed by atoms with Gasteiger partial charge in [0.15, 0.2) is 10.1 Å². The molecule has 1 aliphatic rings. The molecule has 0 atom stereocenters. The van der Waals surface area contributed by atoms with E-state index in [0.717, 1.165) is 0 Å². The number of thiazole rings is 1. The predicted molar refractivity (Wildman–Crippen MR) is 130 cm³/mol. The molecule has 8 nitrogen and oxygen atoms in total. The molecule has 0 aliphatic carbocycles. The van der Waals surface area contributed by atoms with Gasteiger partial charge in [-0.3, -0.25) is 18.9 Å². The molecule has 5 rings (SSSR count). The number of nitrogens with zero attached hydrogens (tertiary/aromatic N) is 4. The largest absolute Gasteiger partial charge is 0.495 e. The van der Waals surface area contributed by atoms with Crippen molar-refractivity contribution < 1.29 is 13.9 Å². The lowest BCUT2D eigenvalue weighted by molar-refractivity contribution is -0.113. The van der Waals surface area contributed by atoms with Gasteiger partial charge < -0.3 is 9.15 Å². The molecular formula is C22H15ClN4O4S2. The second-order valence-electron chi connectivity index (χ2n) is 6.83. The zero-order valence-corrected chi connectivity index (χ0v) is 19.5. The minimum Gasteiger partial charge on any atom is -0.495 e. The van der Waals surface area contributed by atoms with Gasteiger partial charge in [-0.2, -0.15) is 0 Å². The molecule has 3 aromatic heterocycles. The third-order valence-corrected chi connectivity index (χ3v) is 6.77. The fourth-order valence-electron chi connectivity index (χ4n) is 3.22. The van der Waals surface area contributed by atoms with Crippen molar-refractivity contribution in [2.24, 2.45) is 4.99 Å². The van der Waals surface area contributed by atoms with E-state index in [1.54, 1.807) is 48.0 Å². The van der Waals surface area contributed by atoms with E-state index in [-0.39, 0.29) is 17.2 Å². The first-order valence-corrected chi connectivity index (χ1v) is 11.9. The van der Waals surface area contributed by atoms with Crippen LogP contribution in [-0.2, 0) is 10.5 Å². The Morgan fingerprint density at radius 1 is 1.27 bits per heavy atom. The molecule has 0 saturated carbocycles. The van der Waals surface area contributed by atoms with Gasteiger partial charge >= 0.3 is 0 Å². The number of carbonyl (C=O) groups excluding carboxylic acids is 1. The van der Waals surface area contributed by atoms with E-state index in [0.29, 0.717) is 43.8 Å². The Bertz CT molecular complexity index is 1470. The van der Waals surface area contributed by atoms with E-state index in [2.05, 4.69) is 9.98 Å². The molecule has 0 saturated heterocycles. The molecule has 0 unspecified atom stereocenters. The number of furan rings is 1. The zero-order valence-electron chi connectivity index (χ0n) is 17.1. The SMILES string of the molecule is COc1ccc(N2C(=O)C(=Cc3ccco3)N=C2SCc2cc(=O)n3ccsc3n2)cc1Cl. The fourth-order valence-corrected chi connectivity index (χ4v) is 5.12. The molecule has 4 heterocycles. The third-order valence-electron chi connectivity index (χ3n) is 4.75. The van der Waals surface area contributed by atoms with Crippen molar-refractivity contribution in [2.75, 3.05) is 12.0 Å². The second-order valence-corrected chi connectivity index (χ2v) is 9.05. The Labute approximate surface area is 200 Å². The predicted octanol–water partition coefficient (Wildman–Crippen LogP) is 4.69. The van der Waals surface area contributed by atoms with Gasteiger partial charge in [-0.15, -0.1) is 11.3 Å². The number of benzene rings is 1. The van der Waals surface area contributed by atoms with Crippen LogP contribution >= 0.6 is 34.7 Å². The van der Waals surface area contributed by atoms with Crippen LogP contribution in [0.5, 0.6) is 5.75 Å². The lowest BCUT2D eigenvalue weighted by Gasteiger charge is -2.18. The maximum absolute atomic E-state index is 13.3. The minimum atomic E-state index is -0.322. The molecular weight excluding hydrogens is 484 g/mol. The highest BCUT2D eigenvalue weighted by Crippen LogP contribution is 2.35. The number of halogens is 1. The van der Waals surface area contributed by atoms with Crippen LogP contribution in [0, 0.1) is 0 Å². The van der Waals surface area contributed by atoms with E-state index < -0.39 is 0 Å². The van der Waals surface area contributed by atoms with E-state index in [1.807, 2.05) is 0 Å². The molecule has 33 heavy (non-hydrogen) atoms. The van der Waals surface area contributed by atoms with Gasteiger partial charge in [0.25, 0.3) is 11.5 Å². The molecule has 0 bridgehead atoms. The number of aromatic nitrogens is 2. The average Bonchev–Trinajstić information content (AvgIpc) is 3.54. The second kappa shape index (κ2) is 8.89. The highest BCUT2D eigenvalue weighted by molar-refractivity contribution is 8.13. The number of hydrogen-bond acceptors (Lipinski definition) is 8. The number of thioether (sulfide) groups is 1. The summed E-state index contributed by atoms with van der Waals surface area (Å²) in [6, 6.07) is 10.0. The van der Waals surface area contributed by atoms with Crippen molar-refractivity contribution in [3.05, 3.63) is 86.8 Å². The Balaban J connectivity index is 1.49. The zero-order chi connectivity index (χ0) is 22.9. The van der Waals surface area contributed by atoms with Crippen LogP contribution in [-0.4, -0.2) is 27.6 Å². The Morgan fingerprint density at radius 3 is 2.91 bits per heavy atom. The van der Waals surface area contributed by atoms with Crippen LogP contribution in [0.1, 0.15) is 11.5 Å². The number of hydrogen-bond donors (Lipinski definition) is 0. The maximum atomic E-state index is 13.3. The molecule has 0 N–H and O–H groups in total. The fraction of sp³-hybridized carbons (Fsp3) is 0.0909. The lowest BCUT2D eigenvalue weighted by Crippen LogP contribution is -2.30. The average molecular weight is 499 g/mol. The first-order chi connectivity index (χ1) is 16.0. The lowest BCUT2D eigenvalue weighted by atomic mass is 10.2. The van der Waals surface area contributed by atoms with Gasteiger partial charge in [0.05, 0.1) is 29.8 Å². The van der Waals surface area contributed by atoms with Crippen LogP contribution in [0.15, 0.2) is 74.1 Å². The minimum absolute atomic E-state index is 0.154. The summed E-state index contributed by atoms with van der Waals surface area (Å²) in [7, 11) is 1.52. The number of anilines is 1. The van der Waals surface area contributed by atoms with Gasteiger partial charge in [0, 0.05) is 29.5 Å². The summed E-state index contributed by atoms with van der Waals surface area (Å²) in [5.74, 6) is 1.04. The van der Waals surface area contributed by atoms with Crippen LogP contribution in [0.2, 0.25) is 5.02 Å². The summed E-state index contributed by atoms with van der Waals surface area (Å²) < 4.78 is 12.0. The van der Waals surface area contributed by atoms with Crippen LogP contribution in [0.25, 0.3) is 11.0 Å². The van der Waals surface area contributed by atoms with Crippen molar-refractivity contribution in [3.8, 4) is 5.75 Å². The summed E-state index contributed by atoms with van der Waals surface area (Å²) in [6.45, 7) is 0. The van der Waals surface area contributed by atoms with E-state index in [9.17, 15) is 9.59 Å². The van der Waals surface area contributed by atoms with Gasteiger partial charge in [-0.05, 0) is 30.3 Å². The normalized spacial score (nSPS) is 15.0. The monoisotopic (exact) mass is 498 g/mol. The molecule has 1 aromatic carbocycles. The van der Waals surface area contributed by atoms with Gasteiger partial charge in [0.2, 0.25) is 0 Å². The van der Waals surface area contributed by atoms with Crippen LogP contribution in [0.3, 0.4) is 0 Å². The standard InChI is InChI=1S/C22H15ClN4O4S2/c1-30-18-5-4-14(10-16(18)23)27-20(29)17(11-15-3-2-7-31-15)25-22(27)33-12-13-9-19(28)26-6-8-32-21(26)24-13/h2-11H,12H2,1H3. The molecule has 4 aromatic rings. The molecule has 0 radical (unpaired) electrons. The van der Waals surface area contributed by atoms with Gasteiger partial charge in [-0.1, -0.05) is 23.4 Å². The number of rotatable bonds is 5. The smallest absolute Gasteiger partial charge is 0.283 e. The number of fused-ring (bicyclic) bond motifs is 1. The number of methoxy groups -OCH3 is 1. The van der Waals surface area contributed by atoms with Gasteiger partial charge in [-0.25, -0.2) is 9.98 Å². The van der Waals surface area contributed by atoms with Crippen molar-refractivity contribution in [1.82, 2.24) is 9.38 Å². The number of carbonyl (C=O) groups is 1. The molecule has 11 heteroatoms. The quantitative estimate of drug-likeness (QED) is 0.371. The first kappa shape index (κ1) is 21.5. The molecule has 166 valence electrons. The molecule has 1 amide bonds. The van der Waals surface area contributed by atoms with Gasteiger partial charge in [0.1, 0.15) is 17.2 Å². The van der Waals surface area contributed by atoms with Crippen molar-refractivity contribution >= 4 is 62.5 Å². The van der Waals surface area contributed by atoms with Crippen LogP contribution < -0.4 is 15.2 Å². The van der Waals surface area contributed by atoms with E-state index >= 15 is 0 Å². The van der Waals surface area contributed by atoms with Crippen molar-refractivity contribution in [2.45, 2.75) is 5.75 Å². The van der Waals surface area contributed by atoms with Crippen molar-refractivity contribution in [3.63, 3.8) is 0 Å². The molecule has 0 fully saturated rings. The molecule has 0 spiro atoms. The first-order valence-electron chi connectivity index (χ1n) is 9.64. The number of amides is 1. The van der Waals surface area contributed by atoms with E-state index in [4.69, 9.17) is 20.8 Å². The Kier molecular flexibility index (Phi) is 5.79. The topological polar surface area (TPSA) is 89.4 Å². The maximum Gasteiger partial charge on any atom is 0.283 e. The number of amidine groups is 1. The highest BCUT2D eigenvalue weighted by Gasteiger charge is 2.32. The number of aliphatic imine (C=N–C) groups is 1. The summed E-state index contributed by atoms with van der Waals surface area (Å²) in [6.07, 6.45) is 4.79. The summed E-state index contributed by atoms with van der Waals surface area (Å²) >= 11 is 8.98. The highest BCUT2D eigenvalue weighted by atomic mass is 35.5. The molecule has 1 aliphatic heterocycles. The summed E-state index contributed by atoms with van der Waals surface area (Å²) in [5.41, 5.74) is 1.21.